The smallest absolute Gasteiger partial charge is 0.133 e. The number of rotatable bonds is 0. The molecule has 13 heavy (non-hydrogen) atoms. The Kier molecular flexibility index (Phi) is 2.18. The zero-order valence-corrected chi connectivity index (χ0v) is 9.20. The van der Waals surface area contributed by atoms with E-state index in [2.05, 4.69) is 15.9 Å². The highest BCUT2D eigenvalue weighted by Gasteiger charge is 2.31. The number of halogens is 2. The lowest BCUT2D eigenvalue weighted by Crippen LogP contribution is -2.22. The van der Waals surface area contributed by atoms with Gasteiger partial charge in [0.05, 0.1) is 0 Å². The Hall–Kier alpha value is -0.370. The quantitative estimate of drug-likeness (QED) is 0.646. The van der Waals surface area contributed by atoms with Crippen LogP contribution in [0, 0.1) is 0 Å². The van der Waals surface area contributed by atoms with E-state index in [0.29, 0.717) is 6.42 Å². The second-order valence-corrected chi connectivity index (χ2v) is 4.77. The fourth-order valence-electron chi connectivity index (χ4n) is 2.02. The molecule has 0 aliphatic heterocycles. The Morgan fingerprint density at radius 1 is 1.46 bits per heavy atom. The summed E-state index contributed by atoms with van der Waals surface area (Å²) in [5.74, 6) is 0. The molecule has 0 fully saturated rings. The van der Waals surface area contributed by atoms with Crippen LogP contribution in [-0.2, 0) is 12.1 Å². The molecular formula is C11H12BrF. The van der Waals surface area contributed by atoms with Gasteiger partial charge in [-0.05, 0) is 49.4 Å². The van der Waals surface area contributed by atoms with Gasteiger partial charge in [-0.1, -0.05) is 22.0 Å². The number of alkyl halides is 1. The predicted octanol–water partition coefficient (Wildman–Crippen LogP) is 3.97. The van der Waals surface area contributed by atoms with E-state index >= 15 is 0 Å². The molecule has 1 aromatic carbocycles. The van der Waals surface area contributed by atoms with Crippen LogP contribution >= 0.6 is 15.9 Å². The van der Waals surface area contributed by atoms with E-state index in [-0.39, 0.29) is 0 Å². The fraction of sp³-hybridized carbons (Fsp3) is 0.455. The van der Waals surface area contributed by atoms with Gasteiger partial charge in [0.1, 0.15) is 5.67 Å². The fourth-order valence-corrected chi connectivity index (χ4v) is 2.43. The van der Waals surface area contributed by atoms with Crippen LogP contribution in [0.3, 0.4) is 0 Å². The van der Waals surface area contributed by atoms with E-state index in [1.807, 2.05) is 18.2 Å². The van der Waals surface area contributed by atoms with Crippen LogP contribution in [-0.4, -0.2) is 0 Å². The molecule has 0 nitrogen and oxygen atoms in total. The van der Waals surface area contributed by atoms with E-state index in [9.17, 15) is 4.39 Å². The summed E-state index contributed by atoms with van der Waals surface area (Å²) in [6.45, 7) is 1.68. The lowest BCUT2D eigenvalue weighted by molar-refractivity contribution is 0.162. The first-order chi connectivity index (χ1) is 6.09. The molecule has 0 aromatic heterocycles. The minimum absolute atomic E-state index is 0.654. The summed E-state index contributed by atoms with van der Waals surface area (Å²) in [5, 5.41) is 0. The molecule has 1 aliphatic carbocycles. The largest absolute Gasteiger partial charge is 0.239 e. The summed E-state index contributed by atoms with van der Waals surface area (Å²) in [7, 11) is 0. The molecule has 0 spiro atoms. The van der Waals surface area contributed by atoms with Gasteiger partial charge in [-0.15, -0.1) is 0 Å². The topological polar surface area (TPSA) is 0 Å². The Bertz CT molecular complexity index is 331. The predicted molar refractivity (Wildman–Crippen MR) is 55.5 cm³/mol. The number of fused-ring (bicyclic) bond motifs is 1. The van der Waals surface area contributed by atoms with E-state index in [0.717, 1.165) is 28.4 Å². The average molecular weight is 243 g/mol. The van der Waals surface area contributed by atoms with Crippen molar-refractivity contribution < 1.29 is 4.39 Å². The number of hydrogen-bond donors (Lipinski definition) is 0. The summed E-state index contributed by atoms with van der Waals surface area (Å²) >= 11 is 3.41. The van der Waals surface area contributed by atoms with Crippen LogP contribution in [0.4, 0.5) is 4.39 Å². The number of hydrogen-bond acceptors (Lipinski definition) is 0. The minimum atomic E-state index is -1.12. The van der Waals surface area contributed by atoms with E-state index in [1.165, 1.54) is 0 Å². The van der Waals surface area contributed by atoms with E-state index in [1.54, 1.807) is 6.92 Å². The monoisotopic (exact) mass is 242 g/mol. The highest BCUT2D eigenvalue weighted by atomic mass is 79.9. The molecule has 70 valence electrons. The van der Waals surface area contributed by atoms with Crippen molar-refractivity contribution in [2.24, 2.45) is 0 Å². The molecule has 0 amide bonds. The molecule has 0 saturated carbocycles. The molecule has 1 unspecified atom stereocenters. The standard InChI is InChI=1S/C11H12BrF/c1-11(13)6-2-3-8-7-9(12)4-5-10(8)11/h4-5,7H,2-3,6H2,1H3. The maximum Gasteiger partial charge on any atom is 0.133 e. The molecule has 0 bridgehead atoms. The van der Waals surface area contributed by atoms with Crippen molar-refractivity contribution in [3.05, 3.63) is 33.8 Å². The SMILES string of the molecule is CC1(F)CCCc2cc(Br)ccc21. The molecule has 0 saturated heterocycles. The lowest BCUT2D eigenvalue weighted by atomic mass is 9.82. The molecule has 0 heterocycles. The lowest BCUT2D eigenvalue weighted by Gasteiger charge is -2.28. The molecule has 2 heteroatoms. The molecule has 1 aliphatic rings. The summed E-state index contributed by atoms with van der Waals surface area (Å²) < 4.78 is 15.0. The van der Waals surface area contributed by atoms with Crippen LogP contribution in [0.2, 0.25) is 0 Å². The van der Waals surface area contributed by atoms with Gasteiger partial charge in [0.25, 0.3) is 0 Å². The van der Waals surface area contributed by atoms with Crippen LogP contribution < -0.4 is 0 Å². The first-order valence-electron chi connectivity index (χ1n) is 4.57. The normalized spacial score (nSPS) is 27.0. The molecule has 0 radical (unpaired) electrons. The van der Waals surface area contributed by atoms with Crippen molar-refractivity contribution in [3.8, 4) is 0 Å². The van der Waals surface area contributed by atoms with Gasteiger partial charge < -0.3 is 0 Å². The van der Waals surface area contributed by atoms with Crippen molar-refractivity contribution in [1.82, 2.24) is 0 Å². The van der Waals surface area contributed by atoms with Gasteiger partial charge in [-0.3, -0.25) is 0 Å². The van der Waals surface area contributed by atoms with Crippen LogP contribution in [0.5, 0.6) is 0 Å². The van der Waals surface area contributed by atoms with Gasteiger partial charge in [-0.25, -0.2) is 4.39 Å². The van der Waals surface area contributed by atoms with Crippen molar-refractivity contribution in [2.75, 3.05) is 0 Å². The summed E-state index contributed by atoms with van der Waals surface area (Å²) in [6.07, 6.45) is 2.62. The van der Waals surface area contributed by atoms with Crippen LogP contribution in [0.1, 0.15) is 30.9 Å². The Balaban J connectivity index is 2.53. The molecule has 1 atom stereocenters. The van der Waals surface area contributed by atoms with Crippen LogP contribution in [0.25, 0.3) is 0 Å². The van der Waals surface area contributed by atoms with Gasteiger partial charge >= 0.3 is 0 Å². The average Bonchev–Trinajstić information content (AvgIpc) is 2.02. The first-order valence-corrected chi connectivity index (χ1v) is 5.37. The maximum atomic E-state index is 14.0. The second kappa shape index (κ2) is 3.09. The molecular weight excluding hydrogens is 231 g/mol. The van der Waals surface area contributed by atoms with Crippen molar-refractivity contribution in [2.45, 2.75) is 31.9 Å². The highest BCUT2D eigenvalue weighted by Crippen LogP contribution is 2.38. The minimum Gasteiger partial charge on any atom is -0.239 e. The van der Waals surface area contributed by atoms with Gasteiger partial charge in [0.2, 0.25) is 0 Å². The van der Waals surface area contributed by atoms with Crippen LogP contribution in [0.15, 0.2) is 22.7 Å². The van der Waals surface area contributed by atoms with E-state index < -0.39 is 5.67 Å². The summed E-state index contributed by atoms with van der Waals surface area (Å²) in [6, 6.07) is 5.85. The molecule has 1 aromatic rings. The van der Waals surface area contributed by atoms with Gasteiger partial charge in [-0.2, -0.15) is 0 Å². The van der Waals surface area contributed by atoms with Crippen molar-refractivity contribution in [1.29, 1.82) is 0 Å². The van der Waals surface area contributed by atoms with Crippen molar-refractivity contribution in [3.63, 3.8) is 0 Å². The third-order valence-corrected chi connectivity index (χ3v) is 3.21. The highest BCUT2D eigenvalue weighted by molar-refractivity contribution is 9.10. The maximum absolute atomic E-state index is 14.0. The number of aryl methyl sites for hydroxylation is 1. The Labute approximate surface area is 86.3 Å². The Morgan fingerprint density at radius 2 is 2.23 bits per heavy atom. The zero-order valence-electron chi connectivity index (χ0n) is 7.61. The third kappa shape index (κ3) is 1.64. The van der Waals surface area contributed by atoms with Gasteiger partial charge in [0, 0.05) is 4.47 Å². The zero-order chi connectivity index (χ0) is 9.47. The van der Waals surface area contributed by atoms with Crippen molar-refractivity contribution >= 4 is 15.9 Å². The summed E-state index contributed by atoms with van der Waals surface area (Å²) in [5.41, 5.74) is 0.918. The first kappa shape index (κ1) is 9.20. The van der Waals surface area contributed by atoms with E-state index in [4.69, 9.17) is 0 Å². The molecule has 0 N–H and O–H groups in total. The second-order valence-electron chi connectivity index (χ2n) is 3.85. The third-order valence-electron chi connectivity index (χ3n) is 2.72. The Morgan fingerprint density at radius 3 is 3.00 bits per heavy atom. The number of benzene rings is 1. The molecule has 2 rings (SSSR count). The summed E-state index contributed by atoms with van der Waals surface area (Å²) in [4.78, 5) is 0. The van der Waals surface area contributed by atoms with Gasteiger partial charge in [0.15, 0.2) is 0 Å².